The van der Waals surface area contributed by atoms with Crippen LogP contribution in [0.15, 0.2) is 18.2 Å². The number of nitrogens with one attached hydrogen (secondary N) is 1. The third kappa shape index (κ3) is 2.88. The summed E-state index contributed by atoms with van der Waals surface area (Å²) >= 11 is 2.01. The summed E-state index contributed by atoms with van der Waals surface area (Å²) in [7, 11) is 0. The van der Waals surface area contributed by atoms with E-state index in [0.29, 0.717) is 5.56 Å². The molecule has 0 spiro atoms. The highest BCUT2D eigenvalue weighted by Gasteiger charge is 2.14. The number of rotatable bonds is 3. The van der Waals surface area contributed by atoms with Crippen molar-refractivity contribution in [1.82, 2.24) is 0 Å². The third-order valence-electron chi connectivity index (χ3n) is 2.79. The van der Waals surface area contributed by atoms with Gasteiger partial charge in [-0.1, -0.05) is 6.07 Å². The Labute approximate surface area is 94.5 Å². The summed E-state index contributed by atoms with van der Waals surface area (Å²) in [5, 5.41) is 3.30. The summed E-state index contributed by atoms with van der Waals surface area (Å²) in [6.07, 6.45) is 1.28. The van der Waals surface area contributed by atoms with Crippen molar-refractivity contribution >= 4 is 17.4 Å². The molecule has 82 valence electrons. The second-order valence-electron chi connectivity index (χ2n) is 4.07. The Morgan fingerprint density at radius 2 is 2.40 bits per heavy atom. The van der Waals surface area contributed by atoms with Crippen LogP contribution in [0.2, 0.25) is 0 Å². The number of thioether (sulfide) groups is 1. The third-order valence-corrected chi connectivity index (χ3v) is 4.02. The SMILES string of the molecule is Cc1ccc(NCC2CCSC2)cc1F. The normalized spacial score (nSPS) is 20.5. The van der Waals surface area contributed by atoms with Gasteiger partial charge in [0.25, 0.3) is 0 Å². The van der Waals surface area contributed by atoms with E-state index < -0.39 is 0 Å². The van der Waals surface area contributed by atoms with E-state index in [4.69, 9.17) is 0 Å². The van der Waals surface area contributed by atoms with Gasteiger partial charge in [-0.25, -0.2) is 4.39 Å². The molecule has 1 aromatic carbocycles. The van der Waals surface area contributed by atoms with Gasteiger partial charge in [0.05, 0.1) is 0 Å². The maximum absolute atomic E-state index is 13.2. The predicted octanol–water partition coefficient (Wildman–Crippen LogP) is 3.30. The van der Waals surface area contributed by atoms with Gasteiger partial charge < -0.3 is 5.32 Å². The lowest BCUT2D eigenvalue weighted by Gasteiger charge is -2.11. The monoisotopic (exact) mass is 225 g/mol. The molecule has 1 saturated heterocycles. The Hall–Kier alpha value is -0.700. The Kier molecular flexibility index (Phi) is 3.52. The van der Waals surface area contributed by atoms with Gasteiger partial charge in [-0.2, -0.15) is 11.8 Å². The van der Waals surface area contributed by atoms with Crippen molar-refractivity contribution in [3.05, 3.63) is 29.6 Å². The van der Waals surface area contributed by atoms with Crippen LogP contribution in [0, 0.1) is 18.7 Å². The van der Waals surface area contributed by atoms with Crippen LogP contribution < -0.4 is 5.32 Å². The average molecular weight is 225 g/mol. The van der Waals surface area contributed by atoms with Gasteiger partial charge in [0, 0.05) is 12.2 Å². The summed E-state index contributed by atoms with van der Waals surface area (Å²) in [6.45, 7) is 2.75. The largest absolute Gasteiger partial charge is 0.385 e. The minimum absolute atomic E-state index is 0.124. The van der Waals surface area contributed by atoms with Crippen LogP contribution in [0.5, 0.6) is 0 Å². The van der Waals surface area contributed by atoms with E-state index in [1.54, 1.807) is 13.0 Å². The Morgan fingerprint density at radius 1 is 1.53 bits per heavy atom. The molecule has 3 heteroatoms. The molecule has 0 bridgehead atoms. The summed E-state index contributed by atoms with van der Waals surface area (Å²) in [5.41, 5.74) is 1.60. The van der Waals surface area contributed by atoms with E-state index in [9.17, 15) is 4.39 Å². The fraction of sp³-hybridized carbons (Fsp3) is 0.500. The van der Waals surface area contributed by atoms with Crippen molar-refractivity contribution in [2.24, 2.45) is 5.92 Å². The highest BCUT2D eigenvalue weighted by Crippen LogP contribution is 2.24. The smallest absolute Gasteiger partial charge is 0.128 e. The zero-order valence-electron chi connectivity index (χ0n) is 8.92. The molecule has 0 aliphatic carbocycles. The Morgan fingerprint density at radius 3 is 3.07 bits per heavy atom. The molecular formula is C12H16FNS. The molecule has 1 aromatic rings. The summed E-state index contributed by atoms with van der Waals surface area (Å²) in [6, 6.07) is 5.35. The van der Waals surface area contributed by atoms with Gasteiger partial charge in [0.2, 0.25) is 0 Å². The van der Waals surface area contributed by atoms with Crippen molar-refractivity contribution < 1.29 is 4.39 Å². The van der Waals surface area contributed by atoms with E-state index in [2.05, 4.69) is 5.32 Å². The molecule has 15 heavy (non-hydrogen) atoms. The summed E-state index contributed by atoms with van der Waals surface area (Å²) in [5.74, 6) is 3.14. The quantitative estimate of drug-likeness (QED) is 0.847. The molecule has 0 saturated carbocycles. The van der Waals surface area contributed by atoms with Crippen LogP contribution in [0.25, 0.3) is 0 Å². The Bertz CT molecular complexity index is 334. The van der Waals surface area contributed by atoms with Crippen LogP contribution in [-0.2, 0) is 0 Å². The fourth-order valence-corrected chi connectivity index (χ4v) is 2.99. The molecule has 1 N–H and O–H groups in total. The molecule has 1 nitrogen and oxygen atoms in total. The van der Waals surface area contributed by atoms with E-state index in [-0.39, 0.29) is 5.82 Å². The van der Waals surface area contributed by atoms with Crippen molar-refractivity contribution in [2.45, 2.75) is 13.3 Å². The van der Waals surface area contributed by atoms with Gasteiger partial charge in [-0.3, -0.25) is 0 Å². The number of halogens is 1. The topological polar surface area (TPSA) is 12.0 Å². The predicted molar refractivity (Wildman–Crippen MR) is 65.1 cm³/mol. The van der Waals surface area contributed by atoms with Crippen LogP contribution in [0.1, 0.15) is 12.0 Å². The average Bonchev–Trinajstić information content (AvgIpc) is 2.73. The first kappa shape index (κ1) is 10.8. The fourth-order valence-electron chi connectivity index (χ4n) is 1.71. The van der Waals surface area contributed by atoms with Crippen molar-refractivity contribution in [3.8, 4) is 0 Å². The molecule has 1 fully saturated rings. The Balaban J connectivity index is 1.90. The lowest BCUT2D eigenvalue weighted by atomic mass is 10.1. The summed E-state index contributed by atoms with van der Waals surface area (Å²) in [4.78, 5) is 0. The first-order chi connectivity index (χ1) is 7.25. The second kappa shape index (κ2) is 4.88. The zero-order chi connectivity index (χ0) is 10.7. The minimum atomic E-state index is -0.124. The molecule has 1 unspecified atom stereocenters. The first-order valence-corrected chi connectivity index (χ1v) is 6.49. The maximum atomic E-state index is 13.2. The molecule has 0 aromatic heterocycles. The molecular weight excluding hydrogens is 209 g/mol. The van der Waals surface area contributed by atoms with E-state index in [1.165, 1.54) is 17.9 Å². The van der Waals surface area contributed by atoms with Crippen LogP contribution in [-0.4, -0.2) is 18.1 Å². The number of anilines is 1. The van der Waals surface area contributed by atoms with E-state index in [1.807, 2.05) is 23.9 Å². The number of hydrogen-bond donors (Lipinski definition) is 1. The highest BCUT2D eigenvalue weighted by molar-refractivity contribution is 7.99. The van der Waals surface area contributed by atoms with E-state index >= 15 is 0 Å². The number of benzene rings is 1. The second-order valence-corrected chi connectivity index (χ2v) is 5.22. The summed E-state index contributed by atoms with van der Waals surface area (Å²) < 4.78 is 13.2. The molecule has 1 aliphatic heterocycles. The lowest BCUT2D eigenvalue weighted by Crippen LogP contribution is -2.13. The maximum Gasteiger partial charge on any atom is 0.128 e. The molecule has 0 amide bonds. The van der Waals surface area contributed by atoms with Gasteiger partial charge >= 0.3 is 0 Å². The van der Waals surface area contributed by atoms with Gasteiger partial charge in [0.1, 0.15) is 5.82 Å². The molecule has 1 heterocycles. The van der Waals surface area contributed by atoms with Gasteiger partial charge in [-0.15, -0.1) is 0 Å². The van der Waals surface area contributed by atoms with Crippen LogP contribution >= 0.6 is 11.8 Å². The molecule has 0 radical (unpaired) electrons. The van der Waals surface area contributed by atoms with Crippen LogP contribution in [0.3, 0.4) is 0 Å². The van der Waals surface area contributed by atoms with Crippen molar-refractivity contribution in [2.75, 3.05) is 23.4 Å². The minimum Gasteiger partial charge on any atom is -0.385 e. The van der Waals surface area contributed by atoms with Gasteiger partial charge in [-0.05, 0) is 48.5 Å². The van der Waals surface area contributed by atoms with Crippen molar-refractivity contribution in [1.29, 1.82) is 0 Å². The molecule has 2 rings (SSSR count). The molecule has 1 aliphatic rings. The van der Waals surface area contributed by atoms with E-state index in [0.717, 1.165) is 18.2 Å². The molecule has 1 atom stereocenters. The number of aryl methyl sites for hydroxylation is 1. The van der Waals surface area contributed by atoms with Gasteiger partial charge in [0.15, 0.2) is 0 Å². The highest BCUT2D eigenvalue weighted by atomic mass is 32.2. The number of hydrogen-bond acceptors (Lipinski definition) is 2. The van der Waals surface area contributed by atoms with Crippen molar-refractivity contribution in [3.63, 3.8) is 0 Å². The zero-order valence-corrected chi connectivity index (χ0v) is 9.74. The first-order valence-electron chi connectivity index (χ1n) is 5.33. The van der Waals surface area contributed by atoms with Crippen LogP contribution in [0.4, 0.5) is 10.1 Å². The standard InChI is InChI=1S/C12H16FNS/c1-9-2-3-11(6-12(9)13)14-7-10-4-5-15-8-10/h2-3,6,10,14H,4-5,7-8H2,1H3. The lowest BCUT2D eigenvalue weighted by molar-refractivity contribution is 0.615.